The lowest BCUT2D eigenvalue weighted by molar-refractivity contribution is -0.140. The number of benzene rings is 3. The molecule has 0 fully saturated rings. The molecule has 36 heavy (non-hydrogen) atoms. The molecule has 0 aromatic heterocycles. The largest absolute Gasteiger partial charge is 0.480 e. The second kappa shape index (κ2) is 10.7. The number of carbonyl (C=O) groups is 4. The molecule has 0 saturated heterocycles. The second-order valence-electron chi connectivity index (χ2n) is 9.39. The van der Waals surface area contributed by atoms with Crippen LogP contribution in [0.3, 0.4) is 0 Å². The Bertz CT molecular complexity index is 1250. The highest BCUT2D eigenvalue weighted by atomic mass is 16.4. The number of nitrogens with one attached hydrogen (secondary N) is 2. The van der Waals surface area contributed by atoms with Crippen LogP contribution in [0.2, 0.25) is 0 Å². The number of hydrogen-bond acceptors (Lipinski definition) is 5. The number of rotatable bonds is 10. The van der Waals surface area contributed by atoms with Gasteiger partial charge >= 0.3 is 5.97 Å². The van der Waals surface area contributed by atoms with Crippen LogP contribution in [-0.2, 0) is 9.59 Å². The van der Waals surface area contributed by atoms with Crippen molar-refractivity contribution < 1.29 is 24.3 Å². The van der Waals surface area contributed by atoms with Crippen molar-refractivity contribution in [3.05, 3.63) is 77.9 Å². The molecule has 1 heterocycles. The quantitative estimate of drug-likeness (QED) is 0.373. The Hall–Kier alpha value is -4.04. The van der Waals surface area contributed by atoms with Crippen LogP contribution >= 0.6 is 0 Å². The molecule has 0 radical (unpaired) electrons. The molecular weight excluding hydrogens is 458 g/mol. The van der Waals surface area contributed by atoms with Crippen LogP contribution in [0.1, 0.15) is 47.4 Å². The van der Waals surface area contributed by atoms with E-state index in [0.29, 0.717) is 23.2 Å². The third-order valence-corrected chi connectivity index (χ3v) is 6.24. The topological polar surface area (TPSA) is 116 Å². The van der Waals surface area contributed by atoms with Crippen molar-refractivity contribution in [2.24, 2.45) is 5.92 Å². The van der Waals surface area contributed by atoms with E-state index in [2.05, 4.69) is 10.6 Å². The van der Waals surface area contributed by atoms with Gasteiger partial charge in [0, 0.05) is 12.2 Å². The third kappa shape index (κ3) is 5.44. The van der Waals surface area contributed by atoms with Gasteiger partial charge in [-0.3, -0.25) is 29.4 Å². The molecule has 8 nitrogen and oxygen atoms in total. The Kier molecular flexibility index (Phi) is 7.45. The maximum atomic E-state index is 13.0. The number of carboxylic acid groups (broad SMARTS) is 1. The summed E-state index contributed by atoms with van der Waals surface area (Å²) < 4.78 is 0. The minimum Gasteiger partial charge on any atom is -0.480 e. The molecular formula is C28H29N3O5. The summed E-state index contributed by atoms with van der Waals surface area (Å²) in [6.45, 7) is 3.81. The molecule has 186 valence electrons. The summed E-state index contributed by atoms with van der Waals surface area (Å²) in [5.41, 5.74) is 1.25. The standard InChI is InChI=1S/C28H29N3O5/c1-17(2)14-24(25(32)29-20-10-4-3-5-11-20)30-23(28(35)36)12-13-31-26(33)21-15-18-8-6-7-9-19(18)16-22(21)27(31)34/h3-11,15-17,23-24,30H,12-14H2,1-2H3,(H,29,32)(H,35,36). The fourth-order valence-corrected chi connectivity index (χ4v) is 4.43. The number of aliphatic carboxylic acids is 1. The van der Waals surface area contributed by atoms with Crippen molar-refractivity contribution in [2.45, 2.75) is 38.8 Å². The van der Waals surface area contributed by atoms with Crippen molar-refractivity contribution in [2.75, 3.05) is 11.9 Å². The molecule has 3 aromatic rings. The van der Waals surface area contributed by atoms with Gasteiger partial charge in [-0.2, -0.15) is 0 Å². The van der Waals surface area contributed by atoms with E-state index in [1.807, 2.05) is 44.2 Å². The van der Waals surface area contributed by atoms with Crippen molar-refractivity contribution in [1.82, 2.24) is 10.2 Å². The Morgan fingerprint density at radius 3 is 1.94 bits per heavy atom. The van der Waals surface area contributed by atoms with Crippen LogP contribution in [0.15, 0.2) is 66.7 Å². The predicted octanol–water partition coefficient (Wildman–Crippen LogP) is 3.92. The van der Waals surface area contributed by atoms with Gasteiger partial charge in [-0.05, 0) is 53.8 Å². The molecule has 0 aliphatic carbocycles. The van der Waals surface area contributed by atoms with Gasteiger partial charge in [0.2, 0.25) is 5.91 Å². The summed E-state index contributed by atoms with van der Waals surface area (Å²) in [5.74, 6) is -2.24. The van der Waals surface area contributed by atoms with Gasteiger partial charge in [-0.25, -0.2) is 0 Å². The lowest BCUT2D eigenvalue weighted by Crippen LogP contribution is -2.50. The molecule has 8 heteroatoms. The molecule has 4 rings (SSSR count). The van der Waals surface area contributed by atoms with Gasteiger partial charge < -0.3 is 10.4 Å². The number of nitrogens with zero attached hydrogens (tertiary/aromatic N) is 1. The number of fused-ring (bicyclic) bond motifs is 2. The van der Waals surface area contributed by atoms with E-state index in [4.69, 9.17) is 0 Å². The first-order chi connectivity index (χ1) is 17.2. The summed E-state index contributed by atoms with van der Waals surface area (Å²) in [5, 5.41) is 17.3. The highest BCUT2D eigenvalue weighted by Gasteiger charge is 2.37. The summed E-state index contributed by atoms with van der Waals surface area (Å²) in [6.07, 6.45) is 0.385. The van der Waals surface area contributed by atoms with Gasteiger partial charge in [0.15, 0.2) is 0 Å². The first-order valence-corrected chi connectivity index (χ1v) is 12.0. The number of imide groups is 1. The van der Waals surface area contributed by atoms with Gasteiger partial charge in [0.25, 0.3) is 11.8 Å². The third-order valence-electron chi connectivity index (χ3n) is 6.24. The number of anilines is 1. The average molecular weight is 488 g/mol. The zero-order valence-corrected chi connectivity index (χ0v) is 20.2. The minimum atomic E-state index is -1.15. The van der Waals surface area contributed by atoms with E-state index in [1.54, 1.807) is 36.4 Å². The molecule has 0 saturated carbocycles. The van der Waals surface area contributed by atoms with Crippen molar-refractivity contribution in [1.29, 1.82) is 0 Å². The molecule has 2 unspecified atom stereocenters. The summed E-state index contributed by atoms with van der Waals surface area (Å²) in [6, 6.07) is 17.9. The minimum absolute atomic E-state index is 0.0342. The highest BCUT2D eigenvalue weighted by Crippen LogP contribution is 2.28. The fourth-order valence-electron chi connectivity index (χ4n) is 4.43. The fraction of sp³-hybridized carbons (Fsp3) is 0.286. The van der Waals surface area contributed by atoms with Crippen molar-refractivity contribution in [3.63, 3.8) is 0 Å². The van der Waals surface area contributed by atoms with Gasteiger partial charge in [-0.1, -0.05) is 56.3 Å². The molecule has 2 atom stereocenters. The van der Waals surface area contributed by atoms with E-state index < -0.39 is 29.9 Å². The van der Waals surface area contributed by atoms with E-state index in [1.165, 1.54) is 0 Å². The molecule has 1 aliphatic rings. The summed E-state index contributed by atoms with van der Waals surface area (Å²) >= 11 is 0. The van der Waals surface area contributed by atoms with Gasteiger partial charge in [0.1, 0.15) is 6.04 Å². The number of amides is 3. The Morgan fingerprint density at radius 1 is 0.861 bits per heavy atom. The number of para-hydroxylation sites is 1. The maximum Gasteiger partial charge on any atom is 0.320 e. The lowest BCUT2D eigenvalue weighted by atomic mass is 10.0. The van der Waals surface area contributed by atoms with E-state index >= 15 is 0 Å². The monoisotopic (exact) mass is 487 g/mol. The Balaban J connectivity index is 1.47. The van der Waals surface area contributed by atoms with Gasteiger partial charge in [0.05, 0.1) is 17.2 Å². The van der Waals surface area contributed by atoms with E-state index in [-0.39, 0.29) is 24.8 Å². The summed E-state index contributed by atoms with van der Waals surface area (Å²) in [7, 11) is 0. The van der Waals surface area contributed by atoms with Gasteiger partial charge in [-0.15, -0.1) is 0 Å². The number of carbonyl (C=O) groups excluding carboxylic acids is 3. The van der Waals surface area contributed by atoms with Crippen LogP contribution in [0, 0.1) is 5.92 Å². The summed E-state index contributed by atoms with van der Waals surface area (Å²) in [4.78, 5) is 52.1. The van der Waals surface area contributed by atoms with E-state index in [0.717, 1.165) is 15.7 Å². The maximum absolute atomic E-state index is 13.0. The predicted molar refractivity (Wildman–Crippen MR) is 137 cm³/mol. The van der Waals surface area contributed by atoms with Crippen molar-refractivity contribution >= 4 is 40.2 Å². The van der Waals surface area contributed by atoms with Crippen LogP contribution in [-0.4, -0.2) is 52.3 Å². The first-order valence-electron chi connectivity index (χ1n) is 12.0. The van der Waals surface area contributed by atoms with Crippen LogP contribution < -0.4 is 10.6 Å². The van der Waals surface area contributed by atoms with Crippen LogP contribution in [0.4, 0.5) is 5.69 Å². The Labute approximate surface area is 209 Å². The van der Waals surface area contributed by atoms with Crippen LogP contribution in [0.5, 0.6) is 0 Å². The Morgan fingerprint density at radius 2 is 1.42 bits per heavy atom. The van der Waals surface area contributed by atoms with Crippen molar-refractivity contribution in [3.8, 4) is 0 Å². The molecule has 0 bridgehead atoms. The first kappa shape index (κ1) is 25.1. The highest BCUT2D eigenvalue weighted by molar-refractivity contribution is 6.23. The molecule has 0 spiro atoms. The number of carboxylic acids is 1. The number of hydrogen-bond donors (Lipinski definition) is 3. The van der Waals surface area contributed by atoms with Crippen LogP contribution in [0.25, 0.3) is 10.8 Å². The molecule has 1 aliphatic heterocycles. The average Bonchev–Trinajstić information content (AvgIpc) is 3.08. The second-order valence-corrected chi connectivity index (χ2v) is 9.39. The lowest BCUT2D eigenvalue weighted by Gasteiger charge is -2.25. The molecule has 3 amide bonds. The zero-order chi connectivity index (χ0) is 25.8. The normalized spacial score (nSPS) is 14.7. The van der Waals surface area contributed by atoms with E-state index in [9.17, 15) is 24.3 Å². The smallest absolute Gasteiger partial charge is 0.320 e. The molecule has 3 aromatic carbocycles. The zero-order valence-electron chi connectivity index (χ0n) is 20.2. The SMILES string of the molecule is CC(C)CC(NC(CCN1C(=O)c2cc3ccccc3cc2C1=O)C(=O)O)C(=O)Nc1ccccc1. The molecule has 3 N–H and O–H groups in total.